The lowest BCUT2D eigenvalue weighted by atomic mass is 10.2. The van der Waals surface area contributed by atoms with E-state index in [1.165, 1.54) is 12.3 Å². The van der Waals surface area contributed by atoms with Crippen molar-refractivity contribution in [2.24, 2.45) is 0 Å². The second-order valence-electron chi connectivity index (χ2n) is 3.57. The van der Waals surface area contributed by atoms with Crippen molar-refractivity contribution >= 4 is 22.0 Å². The molecule has 10 heteroatoms. The van der Waals surface area contributed by atoms with Crippen molar-refractivity contribution in [3.05, 3.63) is 24.0 Å². The molecule has 0 radical (unpaired) electrons. The lowest BCUT2D eigenvalue weighted by molar-refractivity contribution is -0.145. The van der Waals surface area contributed by atoms with Crippen LogP contribution in [0.25, 0.3) is 0 Å². The maximum atomic E-state index is 11.9. The Balaban J connectivity index is 3.14. The number of nitrogens with zero attached hydrogens (tertiary/aromatic N) is 2. The van der Waals surface area contributed by atoms with E-state index < -0.39 is 45.0 Å². The van der Waals surface area contributed by atoms with Crippen LogP contribution in [0, 0.1) is 11.3 Å². The predicted octanol–water partition coefficient (Wildman–Crippen LogP) is -0.841. The van der Waals surface area contributed by atoms with E-state index in [2.05, 4.69) is 4.98 Å². The van der Waals surface area contributed by atoms with E-state index in [-0.39, 0.29) is 0 Å². The highest BCUT2D eigenvalue weighted by Gasteiger charge is 2.29. The van der Waals surface area contributed by atoms with E-state index in [0.29, 0.717) is 0 Å². The van der Waals surface area contributed by atoms with Crippen molar-refractivity contribution in [2.45, 2.75) is 17.4 Å². The van der Waals surface area contributed by atoms with Crippen LogP contribution in [0.4, 0.5) is 0 Å². The van der Waals surface area contributed by atoms with Crippen LogP contribution in [0.5, 0.6) is 0 Å². The van der Waals surface area contributed by atoms with E-state index in [1.807, 2.05) is 0 Å². The van der Waals surface area contributed by atoms with Gasteiger partial charge in [0.2, 0.25) is 10.0 Å². The fraction of sp³-hybridized carbons (Fsp3) is 0.200. The average Bonchev–Trinajstić information content (AvgIpc) is 2.37. The monoisotopic (exact) mass is 299 g/mol. The van der Waals surface area contributed by atoms with E-state index in [1.54, 1.807) is 10.8 Å². The van der Waals surface area contributed by atoms with Gasteiger partial charge in [-0.15, -0.1) is 0 Å². The van der Waals surface area contributed by atoms with Crippen LogP contribution >= 0.6 is 0 Å². The summed E-state index contributed by atoms with van der Waals surface area (Å²) in [6.07, 6.45) is 0.264. The Hall–Kier alpha value is -2.51. The van der Waals surface area contributed by atoms with Gasteiger partial charge in [0.1, 0.15) is 17.0 Å². The van der Waals surface area contributed by atoms with E-state index in [4.69, 9.17) is 15.5 Å². The first kappa shape index (κ1) is 15.5. The molecule has 0 aromatic carbocycles. The van der Waals surface area contributed by atoms with Crippen LogP contribution in [0.3, 0.4) is 0 Å². The highest BCUT2D eigenvalue weighted by molar-refractivity contribution is 7.89. The maximum Gasteiger partial charge on any atom is 0.322 e. The number of hydrogen-bond donors (Lipinski definition) is 3. The Kier molecular flexibility index (Phi) is 4.73. The van der Waals surface area contributed by atoms with Crippen LogP contribution < -0.4 is 4.72 Å². The maximum absolute atomic E-state index is 11.9. The lowest BCUT2D eigenvalue weighted by Crippen LogP contribution is -2.42. The van der Waals surface area contributed by atoms with Crippen molar-refractivity contribution in [2.75, 3.05) is 0 Å². The molecule has 0 bridgehead atoms. The van der Waals surface area contributed by atoms with Crippen molar-refractivity contribution in [3.63, 3.8) is 0 Å². The summed E-state index contributed by atoms with van der Waals surface area (Å²) in [5.41, 5.74) is -0.417. The number of carboxylic acids is 2. The molecular formula is C10H9N3O6S. The van der Waals surface area contributed by atoms with Gasteiger partial charge in [-0.1, -0.05) is 0 Å². The molecule has 0 saturated heterocycles. The molecule has 9 nitrogen and oxygen atoms in total. The standard InChI is InChI=1S/C10H9N3O6S/c11-5-7-8(2-1-3-12-7)20(18,19)13-6(10(16)17)4-9(14)15/h1-3,6,13H,4H2,(H,14,15)(H,16,17)/t6-/m1/s1. The van der Waals surface area contributed by atoms with Gasteiger partial charge in [-0.05, 0) is 12.1 Å². The molecule has 0 amide bonds. The Labute approximate surface area is 113 Å². The van der Waals surface area contributed by atoms with Gasteiger partial charge in [0.05, 0.1) is 6.42 Å². The molecule has 1 aromatic heterocycles. The van der Waals surface area contributed by atoms with Gasteiger partial charge >= 0.3 is 11.9 Å². The van der Waals surface area contributed by atoms with Crippen molar-refractivity contribution < 1.29 is 28.2 Å². The number of aromatic nitrogens is 1. The van der Waals surface area contributed by atoms with Crippen LogP contribution in [0.2, 0.25) is 0 Å². The van der Waals surface area contributed by atoms with E-state index in [9.17, 15) is 18.0 Å². The molecule has 0 unspecified atom stereocenters. The number of nitrogens with one attached hydrogen (secondary N) is 1. The zero-order valence-corrected chi connectivity index (χ0v) is 10.7. The number of rotatable bonds is 6. The predicted molar refractivity (Wildman–Crippen MR) is 63.0 cm³/mol. The zero-order valence-electron chi connectivity index (χ0n) is 9.85. The summed E-state index contributed by atoms with van der Waals surface area (Å²) in [5.74, 6) is -3.12. The Morgan fingerprint density at radius 2 is 2.10 bits per heavy atom. The average molecular weight is 299 g/mol. The quantitative estimate of drug-likeness (QED) is 0.613. The fourth-order valence-corrected chi connectivity index (χ4v) is 2.59. The first-order valence-electron chi connectivity index (χ1n) is 5.10. The van der Waals surface area contributed by atoms with Crippen LogP contribution in [0.15, 0.2) is 23.2 Å². The summed E-state index contributed by atoms with van der Waals surface area (Å²) >= 11 is 0. The SMILES string of the molecule is N#Cc1ncccc1S(=O)(=O)N[C@H](CC(=O)O)C(=O)O. The Morgan fingerprint density at radius 1 is 1.45 bits per heavy atom. The van der Waals surface area contributed by atoms with Crippen LogP contribution in [-0.4, -0.2) is 41.6 Å². The van der Waals surface area contributed by atoms with Gasteiger partial charge in [0.15, 0.2) is 5.69 Å². The van der Waals surface area contributed by atoms with Crippen molar-refractivity contribution in [3.8, 4) is 6.07 Å². The van der Waals surface area contributed by atoms with Crippen molar-refractivity contribution in [1.29, 1.82) is 5.26 Å². The second-order valence-corrected chi connectivity index (χ2v) is 5.25. The van der Waals surface area contributed by atoms with Gasteiger partial charge in [0.25, 0.3) is 0 Å². The van der Waals surface area contributed by atoms with Gasteiger partial charge < -0.3 is 10.2 Å². The third kappa shape index (κ3) is 3.74. The summed E-state index contributed by atoms with van der Waals surface area (Å²) < 4.78 is 25.6. The zero-order chi connectivity index (χ0) is 15.3. The largest absolute Gasteiger partial charge is 0.481 e. The summed E-state index contributed by atoms with van der Waals surface area (Å²) in [7, 11) is -4.37. The number of carbonyl (C=O) groups is 2. The number of hydrogen-bond acceptors (Lipinski definition) is 6. The number of aliphatic carboxylic acids is 2. The summed E-state index contributed by atoms with van der Waals surface area (Å²) in [5, 5.41) is 26.1. The minimum Gasteiger partial charge on any atom is -0.481 e. The molecule has 0 fully saturated rings. The minimum atomic E-state index is -4.37. The smallest absolute Gasteiger partial charge is 0.322 e. The number of carboxylic acid groups (broad SMARTS) is 2. The first-order valence-corrected chi connectivity index (χ1v) is 6.58. The van der Waals surface area contributed by atoms with Gasteiger partial charge in [-0.3, -0.25) is 9.59 Å². The Bertz CT molecular complexity index is 678. The normalized spacial score (nSPS) is 12.3. The molecule has 0 aliphatic heterocycles. The molecule has 0 aliphatic carbocycles. The molecule has 1 aromatic rings. The highest BCUT2D eigenvalue weighted by atomic mass is 32.2. The van der Waals surface area contributed by atoms with Crippen molar-refractivity contribution in [1.82, 2.24) is 9.71 Å². The van der Waals surface area contributed by atoms with Gasteiger partial charge in [-0.2, -0.15) is 9.98 Å². The molecule has 1 heterocycles. The molecule has 1 atom stereocenters. The number of nitriles is 1. The Morgan fingerprint density at radius 3 is 2.60 bits per heavy atom. The molecule has 1 rings (SSSR count). The molecule has 106 valence electrons. The first-order chi connectivity index (χ1) is 9.27. The van der Waals surface area contributed by atoms with Crippen LogP contribution in [0.1, 0.15) is 12.1 Å². The molecule has 3 N–H and O–H groups in total. The molecule has 0 aliphatic rings. The third-order valence-electron chi connectivity index (χ3n) is 2.14. The highest BCUT2D eigenvalue weighted by Crippen LogP contribution is 2.13. The van der Waals surface area contributed by atoms with Crippen LogP contribution in [-0.2, 0) is 19.6 Å². The second kappa shape index (κ2) is 6.09. The number of pyridine rings is 1. The molecule has 20 heavy (non-hydrogen) atoms. The summed E-state index contributed by atoms with van der Waals surface area (Å²) in [6, 6.07) is 2.02. The summed E-state index contributed by atoms with van der Waals surface area (Å²) in [6.45, 7) is 0. The molecule has 0 spiro atoms. The fourth-order valence-electron chi connectivity index (χ4n) is 1.30. The van der Waals surface area contributed by atoms with Gasteiger partial charge in [0, 0.05) is 6.20 Å². The van der Waals surface area contributed by atoms with E-state index in [0.717, 1.165) is 6.07 Å². The van der Waals surface area contributed by atoms with E-state index >= 15 is 0 Å². The minimum absolute atomic E-state index is 0.417. The molecular weight excluding hydrogens is 290 g/mol. The lowest BCUT2D eigenvalue weighted by Gasteiger charge is -2.13. The summed E-state index contributed by atoms with van der Waals surface area (Å²) in [4.78, 5) is 24.3. The van der Waals surface area contributed by atoms with Gasteiger partial charge in [-0.25, -0.2) is 13.4 Å². The number of sulfonamides is 1. The topological polar surface area (TPSA) is 157 Å². The molecule has 0 saturated carbocycles. The third-order valence-corrected chi connectivity index (χ3v) is 3.64.